The van der Waals surface area contributed by atoms with Gasteiger partial charge in [-0.25, -0.2) is 14.4 Å². The summed E-state index contributed by atoms with van der Waals surface area (Å²) in [5.74, 6) is -0.333. The van der Waals surface area contributed by atoms with Gasteiger partial charge in [0.25, 0.3) is 5.91 Å². The van der Waals surface area contributed by atoms with Gasteiger partial charge in [0, 0.05) is 0 Å². The number of halogens is 1. The van der Waals surface area contributed by atoms with Crippen LogP contribution in [0.1, 0.15) is 20.3 Å². The maximum absolute atomic E-state index is 13.1. The van der Waals surface area contributed by atoms with E-state index >= 15 is 0 Å². The van der Waals surface area contributed by atoms with E-state index in [1.807, 2.05) is 0 Å². The topological polar surface area (TPSA) is 41.8 Å². The van der Waals surface area contributed by atoms with Crippen LogP contribution in [0.4, 0.5) is 4.39 Å². The van der Waals surface area contributed by atoms with E-state index in [2.05, 4.69) is 9.98 Å². The lowest BCUT2D eigenvalue weighted by Gasteiger charge is -2.16. The first-order chi connectivity index (χ1) is 5.00. The summed E-state index contributed by atoms with van der Waals surface area (Å²) in [5, 5.41) is 0. The second kappa shape index (κ2) is 2.53. The van der Waals surface area contributed by atoms with Crippen molar-refractivity contribution >= 4 is 18.0 Å². The Balaban J connectivity index is 2.83. The lowest BCUT2D eigenvalue weighted by Crippen LogP contribution is -2.29. The van der Waals surface area contributed by atoms with Crippen LogP contribution in [0, 0.1) is 0 Å². The Bertz CT molecular complexity index is 237. The van der Waals surface area contributed by atoms with Crippen LogP contribution >= 0.6 is 0 Å². The molecule has 0 spiro atoms. The van der Waals surface area contributed by atoms with Gasteiger partial charge in [0.15, 0.2) is 0 Å². The zero-order valence-electron chi connectivity index (χ0n) is 6.47. The first kappa shape index (κ1) is 8.04. The predicted octanol–water partition coefficient (Wildman–Crippen LogP) is 1.13. The van der Waals surface area contributed by atoms with Crippen molar-refractivity contribution in [3.05, 3.63) is 0 Å². The van der Waals surface area contributed by atoms with Crippen LogP contribution in [0.5, 0.6) is 0 Å². The molecule has 1 heterocycles. The van der Waals surface area contributed by atoms with Gasteiger partial charge in [-0.1, -0.05) is 0 Å². The molecule has 11 heavy (non-hydrogen) atoms. The molecule has 1 aliphatic heterocycles. The fourth-order valence-corrected chi connectivity index (χ4v) is 0.761. The van der Waals surface area contributed by atoms with Crippen LogP contribution in [0.15, 0.2) is 9.98 Å². The molecule has 0 atom stereocenters. The van der Waals surface area contributed by atoms with Gasteiger partial charge in [-0.2, -0.15) is 0 Å². The summed E-state index contributed by atoms with van der Waals surface area (Å²) in [5.41, 5.74) is -1.26. The van der Waals surface area contributed by atoms with Crippen molar-refractivity contribution in [2.45, 2.75) is 25.9 Å². The third-order valence-corrected chi connectivity index (χ3v) is 1.42. The van der Waals surface area contributed by atoms with Gasteiger partial charge in [0.1, 0.15) is 12.0 Å². The summed E-state index contributed by atoms with van der Waals surface area (Å²) in [7, 11) is 0. The van der Waals surface area contributed by atoms with Crippen LogP contribution in [-0.4, -0.2) is 23.6 Å². The minimum absolute atomic E-state index is 0. The summed E-state index contributed by atoms with van der Waals surface area (Å²) in [4.78, 5) is 17.7. The summed E-state index contributed by atoms with van der Waals surface area (Å²) in [6.45, 7) is 2.75. The number of aliphatic imine (C=N–C) groups is 2. The Morgan fingerprint density at radius 1 is 1.64 bits per heavy atom. The van der Waals surface area contributed by atoms with Crippen molar-refractivity contribution in [2.24, 2.45) is 9.98 Å². The maximum atomic E-state index is 13.1. The number of carbonyl (C=O) groups excluding carboxylic acids is 1. The zero-order valence-corrected chi connectivity index (χ0v) is 6.47. The molecule has 0 unspecified atom stereocenters. The second-order valence-corrected chi connectivity index (χ2v) is 2.86. The van der Waals surface area contributed by atoms with Gasteiger partial charge in [0.05, 0.1) is 12.1 Å². The average molecular weight is 156 g/mol. The minimum Gasteiger partial charge on any atom is -0.272 e. The lowest BCUT2D eigenvalue weighted by atomic mass is 10.0. The predicted molar refractivity (Wildman–Crippen MR) is 40.7 cm³/mol. The second-order valence-electron chi connectivity index (χ2n) is 2.86. The van der Waals surface area contributed by atoms with E-state index in [1.165, 1.54) is 13.8 Å². The Morgan fingerprint density at radius 2 is 2.27 bits per heavy atom. The largest absolute Gasteiger partial charge is 0.272 e. The molecule has 0 aromatic rings. The Kier molecular flexibility index (Phi) is 1.85. The molecule has 0 N–H and O–H groups in total. The highest BCUT2D eigenvalue weighted by Gasteiger charge is 2.26. The molecule has 0 aromatic heterocycles. The number of nitrogens with zero attached hydrogens (tertiary/aromatic N) is 2. The van der Waals surface area contributed by atoms with E-state index in [9.17, 15) is 9.18 Å². The first-order valence-electron chi connectivity index (χ1n) is 3.31. The number of hydrogen-bond acceptors (Lipinski definition) is 2. The molecule has 0 bridgehead atoms. The van der Waals surface area contributed by atoms with E-state index in [1.54, 1.807) is 0 Å². The molecular formula is C7H9FN2O. The van der Waals surface area contributed by atoms with Crippen molar-refractivity contribution in [3.8, 4) is 0 Å². The smallest absolute Gasteiger partial charge is 0.252 e. The maximum Gasteiger partial charge on any atom is 0.252 e. The van der Waals surface area contributed by atoms with Crippen LogP contribution in [0.25, 0.3) is 0 Å². The molecule has 0 saturated heterocycles. The highest BCUT2D eigenvalue weighted by molar-refractivity contribution is 6.12. The SMILES string of the molecule is CC(C)(F)C1=NC=NC(=O)C1. The van der Waals surface area contributed by atoms with Crippen LogP contribution in [-0.2, 0) is 4.79 Å². The monoisotopic (exact) mass is 156 g/mol. The molecule has 0 radical (unpaired) electrons. The number of rotatable bonds is 1. The average Bonchev–Trinajstić information content (AvgIpc) is 1.86. The van der Waals surface area contributed by atoms with E-state index in [0.29, 0.717) is 0 Å². The molecule has 0 aliphatic carbocycles. The van der Waals surface area contributed by atoms with E-state index in [-0.39, 0.29) is 18.0 Å². The highest BCUT2D eigenvalue weighted by Crippen LogP contribution is 2.15. The molecule has 1 rings (SSSR count). The zero-order chi connectivity index (χ0) is 8.48. The fraction of sp³-hybridized carbons (Fsp3) is 0.571. The van der Waals surface area contributed by atoms with Gasteiger partial charge < -0.3 is 0 Å². The third-order valence-electron chi connectivity index (χ3n) is 1.42. The van der Waals surface area contributed by atoms with Crippen LogP contribution in [0.2, 0.25) is 0 Å². The van der Waals surface area contributed by atoms with Gasteiger partial charge in [-0.05, 0) is 13.8 Å². The highest BCUT2D eigenvalue weighted by atomic mass is 19.1. The molecule has 60 valence electrons. The third kappa shape index (κ3) is 1.93. The standard InChI is InChI=1S/C7H9FN2O/c1-7(2,8)5-3-6(11)10-4-9-5/h4H,3H2,1-2H3. The van der Waals surface area contributed by atoms with Gasteiger partial charge in [-0.15, -0.1) is 0 Å². The summed E-state index contributed by atoms with van der Waals surface area (Å²) in [6, 6.07) is 0. The Hall–Kier alpha value is -1.06. The van der Waals surface area contributed by atoms with Gasteiger partial charge >= 0.3 is 0 Å². The molecule has 3 nitrogen and oxygen atoms in total. The van der Waals surface area contributed by atoms with Gasteiger partial charge in [-0.3, -0.25) is 4.79 Å². The fourth-order valence-electron chi connectivity index (χ4n) is 0.761. The van der Waals surface area contributed by atoms with Gasteiger partial charge in [0.2, 0.25) is 0 Å². The first-order valence-corrected chi connectivity index (χ1v) is 3.31. The lowest BCUT2D eigenvalue weighted by molar-refractivity contribution is -0.116. The minimum atomic E-state index is -1.51. The Labute approximate surface area is 64.0 Å². The van der Waals surface area contributed by atoms with Crippen molar-refractivity contribution in [3.63, 3.8) is 0 Å². The molecule has 0 saturated carbocycles. The molecule has 1 aliphatic rings. The van der Waals surface area contributed by atoms with E-state index < -0.39 is 5.67 Å². The molecule has 0 fully saturated rings. The quantitative estimate of drug-likeness (QED) is 0.561. The van der Waals surface area contributed by atoms with E-state index in [0.717, 1.165) is 6.34 Å². The number of amides is 1. The summed E-state index contributed by atoms with van der Waals surface area (Å²) in [6.07, 6.45) is 1.10. The van der Waals surface area contributed by atoms with Crippen molar-refractivity contribution in [2.75, 3.05) is 0 Å². The molecular weight excluding hydrogens is 147 g/mol. The van der Waals surface area contributed by atoms with Crippen molar-refractivity contribution < 1.29 is 9.18 Å². The van der Waals surface area contributed by atoms with Crippen molar-refractivity contribution in [1.82, 2.24) is 0 Å². The van der Waals surface area contributed by atoms with Crippen LogP contribution < -0.4 is 0 Å². The van der Waals surface area contributed by atoms with E-state index in [4.69, 9.17) is 0 Å². The number of hydrogen-bond donors (Lipinski definition) is 0. The summed E-state index contributed by atoms with van der Waals surface area (Å²) >= 11 is 0. The number of carbonyl (C=O) groups is 1. The van der Waals surface area contributed by atoms with Crippen molar-refractivity contribution in [1.29, 1.82) is 0 Å². The Morgan fingerprint density at radius 3 is 2.64 bits per heavy atom. The normalized spacial score (nSPS) is 18.5. The molecule has 0 aromatic carbocycles. The van der Waals surface area contributed by atoms with Crippen LogP contribution in [0.3, 0.4) is 0 Å². The molecule has 1 amide bonds. The number of alkyl halides is 1. The summed E-state index contributed by atoms with van der Waals surface area (Å²) < 4.78 is 13.1. The molecule has 4 heteroatoms.